The molecule has 1 saturated carbocycles. The number of amides is 1. The van der Waals surface area contributed by atoms with Crippen molar-refractivity contribution in [2.24, 2.45) is 5.92 Å². The van der Waals surface area contributed by atoms with Crippen LogP contribution in [0.15, 0.2) is 48.5 Å². The highest BCUT2D eigenvalue weighted by Crippen LogP contribution is 2.48. The summed E-state index contributed by atoms with van der Waals surface area (Å²) >= 11 is 0. The number of ether oxygens (including phenoxy) is 1. The highest BCUT2D eigenvalue weighted by molar-refractivity contribution is 6.08. The van der Waals surface area contributed by atoms with Gasteiger partial charge in [0.15, 0.2) is 0 Å². The molecular formula is C23H26N2O2. The smallest absolute Gasteiger partial charge is 0.239 e. The summed E-state index contributed by atoms with van der Waals surface area (Å²) in [6.45, 7) is 3.55. The van der Waals surface area contributed by atoms with E-state index >= 15 is 0 Å². The molecule has 2 aliphatic heterocycles. The van der Waals surface area contributed by atoms with E-state index < -0.39 is 0 Å². The lowest BCUT2D eigenvalue weighted by molar-refractivity contribution is -0.122. The van der Waals surface area contributed by atoms with Crippen molar-refractivity contribution in [1.29, 1.82) is 0 Å². The van der Waals surface area contributed by atoms with Gasteiger partial charge in [0.05, 0.1) is 12.5 Å². The van der Waals surface area contributed by atoms with Gasteiger partial charge in [-0.2, -0.15) is 0 Å². The van der Waals surface area contributed by atoms with Gasteiger partial charge in [0, 0.05) is 25.3 Å². The molecule has 1 amide bonds. The molecular weight excluding hydrogens is 336 g/mol. The molecule has 140 valence electrons. The van der Waals surface area contributed by atoms with E-state index in [9.17, 15) is 4.79 Å². The van der Waals surface area contributed by atoms with E-state index in [0.29, 0.717) is 11.8 Å². The lowest BCUT2D eigenvalue weighted by Crippen LogP contribution is -2.43. The molecule has 2 fully saturated rings. The highest BCUT2D eigenvalue weighted by atomic mass is 16.5. The fraction of sp³-hybridized carbons (Fsp3) is 0.435. The van der Waals surface area contributed by atoms with Gasteiger partial charge in [0.25, 0.3) is 0 Å². The number of benzene rings is 2. The minimum atomic E-state index is -0.349. The highest BCUT2D eigenvalue weighted by Gasteiger charge is 2.54. The van der Waals surface area contributed by atoms with E-state index in [0.717, 1.165) is 44.0 Å². The number of nitrogens with zero attached hydrogens (tertiary/aromatic N) is 2. The molecule has 0 bridgehead atoms. The van der Waals surface area contributed by atoms with Crippen molar-refractivity contribution < 1.29 is 9.53 Å². The second-order valence-corrected chi connectivity index (χ2v) is 8.27. The molecule has 1 saturated heterocycles. The van der Waals surface area contributed by atoms with Crippen molar-refractivity contribution in [2.45, 2.75) is 31.2 Å². The summed E-state index contributed by atoms with van der Waals surface area (Å²) in [5, 5.41) is 0. The van der Waals surface area contributed by atoms with Gasteiger partial charge in [0.2, 0.25) is 5.91 Å². The average Bonchev–Trinajstić information content (AvgIpc) is 3.39. The summed E-state index contributed by atoms with van der Waals surface area (Å²) in [4.78, 5) is 18.0. The van der Waals surface area contributed by atoms with Crippen LogP contribution in [0.4, 0.5) is 5.69 Å². The monoisotopic (exact) mass is 362 g/mol. The van der Waals surface area contributed by atoms with Crippen LogP contribution in [-0.4, -0.2) is 37.6 Å². The number of hydrogen-bond donors (Lipinski definition) is 0. The number of para-hydroxylation sites is 1. The van der Waals surface area contributed by atoms with Crippen molar-refractivity contribution >= 4 is 11.6 Å². The number of anilines is 1. The second kappa shape index (κ2) is 6.38. The Kier molecular flexibility index (Phi) is 3.97. The maximum atomic E-state index is 13.5. The Bertz CT molecular complexity index is 859. The number of hydrogen-bond acceptors (Lipinski definition) is 3. The molecule has 0 unspecified atom stereocenters. The summed E-state index contributed by atoms with van der Waals surface area (Å²) in [5.41, 5.74) is 3.31. The fourth-order valence-electron chi connectivity index (χ4n) is 4.74. The Morgan fingerprint density at radius 3 is 2.63 bits per heavy atom. The third-order valence-electron chi connectivity index (χ3n) is 6.42. The fourth-order valence-corrected chi connectivity index (χ4v) is 4.74. The van der Waals surface area contributed by atoms with E-state index in [1.165, 1.54) is 24.0 Å². The molecule has 3 aliphatic rings. The molecule has 2 heterocycles. The van der Waals surface area contributed by atoms with Crippen LogP contribution in [0.25, 0.3) is 0 Å². The van der Waals surface area contributed by atoms with Crippen LogP contribution in [0.3, 0.4) is 0 Å². The van der Waals surface area contributed by atoms with Crippen molar-refractivity contribution in [3.05, 3.63) is 59.7 Å². The first-order chi connectivity index (χ1) is 13.2. The number of fused-ring (bicyclic) bond motifs is 2. The molecule has 4 heteroatoms. The number of rotatable bonds is 5. The Labute approximate surface area is 160 Å². The van der Waals surface area contributed by atoms with Gasteiger partial charge >= 0.3 is 0 Å². The van der Waals surface area contributed by atoms with Crippen LogP contribution in [0.1, 0.15) is 30.4 Å². The van der Waals surface area contributed by atoms with Gasteiger partial charge in [-0.05, 0) is 61.1 Å². The zero-order chi connectivity index (χ0) is 18.4. The zero-order valence-electron chi connectivity index (χ0n) is 15.9. The summed E-state index contributed by atoms with van der Waals surface area (Å²) in [6, 6.07) is 16.7. The predicted molar refractivity (Wildman–Crippen MR) is 106 cm³/mol. The van der Waals surface area contributed by atoms with Gasteiger partial charge < -0.3 is 9.64 Å². The molecule has 1 atom stereocenters. The van der Waals surface area contributed by atoms with Gasteiger partial charge in [-0.3, -0.25) is 9.69 Å². The Hall–Kier alpha value is -2.33. The summed E-state index contributed by atoms with van der Waals surface area (Å²) in [6.07, 6.45) is 3.45. The molecule has 2 aromatic carbocycles. The van der Waals surface area contributed by atoms with Gasteiger partial charge in [0.1, 0.15) is 5.75 Å². The maximum absolute atomic E-state index is 13.5. The van der Waals surface area contributed by atoms with Crippen LogP contribution < -0.4 is 9.64 Å². The molecule has 1 spiro atoms. The zero-order valence-corrected chi connectivity index (χ0v) is 15.9. The third kappa shape index (κ3) is 2.83. The van der Waals surface area contributed by atoms with Crippen molar-refractivity contribution in [3.63, 3.8) is 0 Å². The number of methoxy groups -OCH3 is 1. The Balaban J connectivity index is 1.38. The summed E-state index contributed by atoms with van der Waals surface area (Å²) < 4.78 is 5.25. The molecule has 27 heavy (non-hydrogen) atoms. The van der Waals surface area contributed by atoms with E-state index in [4.69, 9.17) is 4.74 Å². The van der Waals surface area contributed by atoms with E-state index in [-0.39, 0.29) is 5.41 Å². The average molecular weight is 362 g/mol. The minimum absolute atomic E-state index is 0.327. The molecule has 0 aromatic heterocycles. The van der Waals surface area contributed by atoms with E-state index in [1.807, 2.05) is 12.1 Å². The number of likely N-dealkylation sites (tertiary alicyclic amines) is 1. The molecule has 4 nitrogen and oxygen atoms in total. The SMILES string of the molecule is COc1ccc(CN2CC[C@]3(C2)C(=O)N(CC2CC2)c2ccccc23)cc1. The second-order valence-electron chi connectivity index (χ2n) is 8.27. The third-order valence-corrected chi connectivity index (χ3v) is 6.42. The van der Waals surface area contributed by atoms with Gasteiger partial charge in [-0.15, -0.1) is 0 Å². The normalized spacial score (nSPS) is 24.6. The first-order valence-corrected chi connectivity index (χ1v) is 9.96. The quantitative estimate of drug-likeness (QED) is 0.815. The van der Waals surface area contributed by atoms with E-state index in [2.05, 4.69) is 46.2 Å². The first kappa shape index (κ1) is 16.8. The summed E-state index contributed by atoms with van der Waals surface area (Å²) in [7, 11) is 1.69. The van der Waals surface area contributed by atoms with Crippen LogP contribution in [0.2, 0.25) is 0 Å². The van der Waals surface area contributed by atoms with Crippen LogP contribution in [0.5, 0.6) is 5.75 Å². The molecule has 5 rings (SSSR count). The largest absolute Gasteiger partial charge is 0.497 e. The van der Waals surface area contributed by atoms with Crippen molar-refractivity contribution in [1.82, 2.24) is 4.90 Å². The molecule has 1 aliphatic carbocycles. The Morgan fingerprint density at radius 2 is 1.89 bits per heavy atom. The standard InChI is InChI=1S/C23H26N2O2/c1-27-19-10-8-17(9-11-19)14-24-13-12-23(16-24)20-4-2-3-5-21(20)25(22(23)26)15-18-6-7-18/h2-5,8-11,18H,6-7,12-16H2,1H3/t23-/m1/s1. The predicted octanol–water partition coefficient (Wildman–Crippen LogP) is 3.60. The van der Waals surface area contributed by atoms with E-state index in [1.54, 1.807) is 7.11 Å². The van der Waals surface area contributed by atoms with Gasteiger partial charge in [-0.25, -0.2) is 0 Å². The number of carbonyl (C=O) groups excluding carboxylic acids is 1. The van der Waals surface area contributed by atoms with Crippen LogP contribution in [-0.2, 0) is 16.8 Å². The Morgan fingerprint density at radius 1 is 1.11 bits per heavy atom. The lowest BCUT2D eigenvalue weighted by Gasteiger charge is -2.25. The minimum Gasteiger partial charge on any atom is -0.497 e. The maximum Gasteiger partial charge on any atom is 0.239 e. The van der Waals surface area contributed by atoms with Crippen LogP contribution >= 0.6 is 0 Å². The molecule has 0 N–H and O–H groups in total. The van der Waals surface area contributed by atoms with Crippen molar-refractivity contribution in [2.75, 3.05) is 31.6 Å². The van der Waals surface area contributed by atoms with Crippen molar-refractivity contribution in [3.8, 4) is 5.75 Å². The molecule has 0 radical (unpaired) electrons. The van der Waals surface area contributed by atoms with Crippen LogP contribution in [0, 0.1) is 5.92 Å². The number of carbonyl (C=O) groups is 1. The molecule has 2 aromatic rings. The topological polar surface area (TPSA) is 32.8 Å². The summed E-state index contributed by atoms with van der Waals surface area (Å²) in [5.74, 6) is 1.91. The van der Waals surface area contributed by atoms with Gasteiger partial charge in [-0.1, -0.05) is 30.3 Å². The first-order valence-electron chi connectivity index (χ1n) is 9.96. The lowest BCUT2D eigenvalue weighted by atomic mass is 9.81.